The van der Waals surface area contributed by atoms with E-state index in [1.807, 2.05) is 18.2 Å². The highest BCUT2D eigenvalue weighted by Crippen LogP contribution is 2.35. The zero-order valence-corrected chi connectivity index (χ0v) is 11.8. The van der Waals surface area contributed by atoms with Gasteiger partial charge >= 0.3 is 6.09 Å². The fourth-order valence-corrected chi connectivity index (χ4v) is 3.01. The molecule has 5 heteroatoms. The van der Waals surface area contributed by atoms with E-state index >= 15 is 0 Å². The second-order valence-electron chi connectivity index (χ2n) is 5.33. The second-order valence-corrected chi connectivity index (χ2v) is 5.33. The highest BCUT2D eigenvalue weighted by Gasteiger charge is 2.22. The first-order valence-electron chi connectivity index (χ1n) is 7.00. The van der Waals surface area contributed by atoms with E-state index in [1.54, 1.807) is 0 Å². The van der Waals surface area contributed by atoms with Gasteiger partial charge in [0.05, 0.1) is 18.1 Å². The van der Waals surface area contributed by atoms with Crippen LogP contribution in [0.15, 0.2) is 18.2 Å². The van der Waals surface area contributed by atoms with Crippen LogP contribution in [-0.2, 0) is 11.8 Å². The topological polar surface area (TPSA) is 56.1 Å². The summed E-state index contributed by atoms with van der Waals surface area (Å²) in [4.78, 5) is 16.0. The molecule has 2 aromatic rings. The average molecular weight is 273 g/mol. The minimum atomic E-state index is -0.462. The summed E-state index contributed by atoms with van der Waals surface area (Å²) < 4.78 is 6.77. The lowest BCUT2D eigenvalue weighted by atomic mass is 10.1. The van der Waals surface area contributed by atoms with Gasteiger partial charge in [-0.05, 0) is 31.0 Å². The van der Waals surface area contributed by atoms with Gasteiger partial charge < -0.3 is 9.30 Å². The molecule has 1 fully saturated rings. The SMILES string of the molecule is COC(=O)Nc1ccc2c(c1)nc(C1CCCC1)n2C. The second kappa shape index (κ2) is 5.15. The standard InChI is InChI=1S/C15H19N3O2/c1-18-13-8-7-11(16-15(19)20-2)9-12(13)17-14(18)10-5-3-4-6-10/h7-10H,3-6H2,1-2H3,(H,16,19). The lowest BCUT2D eigenvalue weighted by Gasteiger charge is -2.08. The molecule has 0 unspecified atom stereocenters. The molecule has 0 bridgehead atoms. The Bertz CT molecular complexity index is 642. The van der Waals surface area contributed by atoms with Crippen molar-refractivity contribution in [1.29, 1.82) is 0 Å². The Morgan fingerprint density at radius 3 is 2.85 bits per heavy atom. The van der Waals surface area contributed by atoms with Gasteiger partial charge in [-0.25, -0.2) is 9.78 Å². The summed E-state index contributed by atoms with van der Waals surface area (Å²) in [6, 6.07) is 5.76. The van der Waals surface area contributed by atoms with Crippen LogP contribution >= 0.6 is 0 Å². The third-order valence-corrected chi connectivity index (χ3v) is 4.07. The summed E-state index contributed by atoms with van der Waals surface area (Å²) in [5.41, 5.74) is 2.73. The van der Waals surface area contributed by atoms with Gasteiger partial charge in [-0.2, -0.15) is 0 Å². The summed E-state index contributed by atoms with van der Waals surface area (Å²) in [5, 5.41) is 2.67. The average Bonchev–Trinajstić information content (AvgIpc) is 3.07. The largest absolute Gasteiger partial charge is 0.453 e. The molecule has 1 amide bonds. The minimum absolute atomic E-state index is 0.462. The van der Waals surface area contributed by atoms with Gasteiger partial charge in [0.25, 0.3) is 0 Å². The number of carbonyl (C=O) groups excluding carboxylic acids is 1. The molecule has 1 aliphatic rings. The highest BCUT2D eigenvalue weighted by atomic mass is 16.5. The van der Waals surface area contributed by atoms with Crippen LogP contribution in [0, 0.1) is 0 Å². The number of carbonyl (C=O) groups is 1. The third kappa shape index (κ3) is 2.24. The molecule has 3 rings (SSSR count). The van der Waals surface area contributed by atoms with Crippen LogP contribution in [-0.4, -0.2) is 22.8 Å². The number of aryl methyl sites for hydroxylation is 1. The summed E-state index contributed by atoms with van der Waals surface area (Å²) in [7, 11) is 3.42. The van der Waals surface area contributed by atoms with Crippen LogP contribution in [0.2, 0.25) is 0 Å². The fraction of sp³-hybridized carbons (Fsp3) is 0.467. The molecule has 0 saturated heterocycles. The van der Waals surface area contributed by atoms with E-state index in [4.69, 9.17) is 4.98 Å². The molecule has 20 heavy (non-hydrogen) atoms. The van der Waals surface area contributed by atoms with E-state index in [1.165, 1.54) is 32.8 Å². The number of amides is 1. The lowest BCUT2D eigenvalue weighted by Crippen LogP contribution is -2.10. The van der Waals surface area contributed by atoms with Gasteiger partial charge in [0.2, 0.25) is 0 Å². The fourth-order valence-electron chi connectivity index (χ4n) is 3.01. The van der Waals surface area contributed by atoms with Crippen LogP contribution in [0.1, 0.15) is 37.4 Å². The highest BCUT2D eigenvalue weighted by molar-refractivity contribution is 5.88. The van der Waals surface area contributed by atoms with Crippen molar-refractivity contribution in [2.45, 2.75) is 31.6 Å². The maximum absolute atomic E-state index is 11.2. The van der Waals surface area contributed by atoms with Crippen molar-refractivity contribution in [2.24, 2.45) is 7.05 Å². The smallest absolute Gasteiger partial charge is 0.411 e. The van der Waals surface area contributed by atoms with Crippen LogP contribution in [0.3, 0.4) is 0 Å². The van der Waals surface area contributed by atoms with Crippen molar-refractivity contribution in [3.63, 3.8) is 0 Å². The normalized spacial score (nSPS) is 15.7. The molecule has 1 aromatic carbocycles. The number of ether oxygens (including phenoxy) is 1. The zero-order valence-electron chi connectivity index (χ0n) is 11.8. The monoisotopic (exact) mass is 273 g/mol. The molecule has 1 aliphatic carbocycles. The van der Waals surface area contributed by atoms with Crippen molar-refractivity contribution < 1.29 is 9.53 Å². The van der Waals surface area contributed by atoms with Crippen LogP contribution in [0.5, 0.6) is 0 Å². The first-order valence-corrected chi connectivity index (χ1v) is 7.00. The summed E-state index contributed by atoms with van der Waals surface area (Å²) >= 11 is 0. The predicted molar refractivity (Wildman–Crippen MR) is 78.0 cm³/mol. The van der Waals surface area contributed by atoms with Gasteiger partial charge in [0.1, 0.15) is 5.82 Å². The Balaban J connectivity index is 1.96. The number of aromatic nitrogens is 2. The van der Waals surface area contributed by atoms with Crippen molar-refractivity contribution in [1.82, 2.24) is 9.55 Å². The van der Waals surface area contributed by atoms with Gasteiger partial charge in [-0.15, -0.1) is 0 Å². The summed E-state index contributed by atoms with van der Waals surface area (Å²) in [6.07, 6.45) is 4.58. The van der Waals surface area contributed by atoms with E-state index in [-0.39, 0.29) is 0 Å². The molecular formula is C15H19N3O2. The first kappa shape index (κ1) is 13.0. The molecule has 0 atom stereocenters. The number of rotatable bonds is 2. The number of benzene rings is 1. The maximum Gasteiger partial charge on any atom is 0.411 e. The Morgan fingerprint density at radius 2 is 2.15 bits per heavy atom. The summed E-state index contributed by atoms with van der Waals surface area (Å²) in [6.45, 7) is 0. The van der Waals surface area contributed by atoms with Gasteiger partial charge in [0, 0.05) is 18.7 Å². The number of fused-ring (bicyclic) bond motifs is 1. The number of hydrogen-bond donors (Lipinski definition) is 1. The molecule has 1 heterocycles. The quantitative estimate of drug-likeness (QED) is 0.912. The van der Waals surface area contributed by atoms with Crippen molar-refractivity contribution in [3.05, 3.63) is 24.0 Å². The molecule has 0 spiro atoms. The number of hydrogen-bond acceptors (Lipinski definition) is 3. The van der Waals surface area contributed by atoms with Gasteiger partial charge in [-0.3, -0.25) is 5.32 Å². The number of methoxy groups -OCH3 is 1. The van der Waals surface area contributed by atoms with Crippen LogP contribution in [0.4, 0.5) is 10.5 Å². The van der Waals surface area contributed by atoms with Crippen molar-refractivity contribution >= 4 is 22.8 Å². The Morgan fingerprint density at radius 1 is 1.40 bits per heavy atom. The molecule has 106 valence electrons. The van der Waals surface area contributed by atoms with E-state index in [2.05, 4.69) is 21.7 Å². The van der Waals surface area contributed by atoms with E-state index in [9.17, 15) is 4.79 Å². The minimum Gasteiger partial charge on any atom is -0.453 e. The van der Waals surface area contributed by atoms with E-state index in [0.29, 0.717) is 11.6 Å². The molecule has 1 saturated carbocycles. The molecule has 0 aliphatic heterocycles. The van der Waals surface area contributed by atoms with Crippen molar-refractivity contribution in [3.8, 4) is 0 Å². The van der Waals surface area contributed by atoms with Crippen LogP contribution in [0.25, 0.3) is 11.0 Å². The molecule has 5 nitrogen and oxygen atoms in total. The summed E-state index contributed by atoms with van der Waals surface area (Å²) in [5.74, 6) is 1.73. The number of anilines is 1. The Hall–Kier alpha value is -2.04. The Labute approximate surface area is 117 Å². The zero-order chi connectivity index (χ0) is 14.1. The van der Waals surface area contributed by atoms with Crippen LogP contribution < -0.4 is 5.32 Å². The third-order valence-electron chi connectivity index (χ3n) is 4.07. The molecule has 1 N–H and O–H groups in total. The lowest BCUT2D eigenvalue weighted by molar-refractivity contribution is 0.187. The van der Waals surface area contributed by atoms with Crippen molar-refractivity contribution in [2.75, 3.05) is 12.4 Å². The number of nitrogens with one attached hydrogen (secondary N) is 1. The predicted octanol–water partition coefficient (Wildman–Crippen LogP) is 3.41. The van der Waals surface area contributed by atoms with Gasteiger partial charge in [-0.1, -0.05) is 12.8 Å². The van der Waals surface area contributed by atoms with Gasteiger partial charge in [0.15, 0.2) is 0 Å². The molecule has 0 radical (unpaired) electrons. The molecular weight excluding hydrogens is 254 g/mol. The van der Waals surface area contributed by atoms with E-state index in [0.717, 1.165) is 16.9 Å². The Kier molecular flexibility index (Phi) is 3.34. The first-order chi connectivity index (χ1) is 9.69. The number of imidazole rings is 1. The van der Waals surface area contributed by atoms with E-state index < -0.39 is 6.09 Å². The molecule has 1 aromatic heterocycles. The number of nitrogens with zero attached hydrogens (tertiary/aromatic N) is 2. The maximum atomic E-state index is 11.2.